The lowest BCUT2D eigenvalue weighted by Gasteiger charge is -2.22. The number of aryl methyl sites for hydroxylation is 2. The van der Waals surface area contributed by atoms with Crippen LogP contribution in [-0.4, -0.2) is 35.5 Å². The number of hydrogen-bond donors (Lipinski definition) is 2. The van der Waals surface area contributed by atoms with Crippen molar-refractivity contribution in [3.63, 3.8) is 0 Å². The number of benzene rings is 2. The van der Waals surface area contributed by atoms with Gasteiger partial charge in [-0.3, -0.25) is 0 Å². The van der Waals surface area contributed by atoms with Crippen molar-refractivity contribution in [3.8, 4) is 0 Å². The van der Waals surface area contributed by atoms with E-state index in [2.05, 4.69) is 73.0 Å². The second kappa shape index (κ2) is 26.9. The predicted octanol–water partition coefficient (Wildman–Crippen LogP) is 12.8. The maximum absolute atomic E-state index is 12.7. The molecule has 0 fully saturated rings. The van der Waals surface area contributed by atoms with Gasteiger partial charge in [0.05, 0.1) is 12.1 Å². The van der Waals surface area contributed by atoms with Gasteiger partial charge in [0.1, 0.15) is 11.2 Å². The summed E-state index contributed by atoms with van der Waals surface area (Å²) < 4.78 is 34.4. The largest absolute Gasteiger partial charge is 0.804 e. The first kappa shape index (κ1) is 48.3. The van der Waals surface area contributed by atoms with Crippen molar-refractivity contribution >= 4 is 20.4 Å². The number of rotatable bonds is 26. The topological polar surface area (TPSA) is 112 Å². The number of hydrogen-bond acceptors (Lipinski definition) is 7. The molecule has 312 valence electrons. The van der Waals surface area contributed by atoms with Crippen LogP contribution in [0.5, 0.6) is 0 Å². The van der Waals surface area contributed by atoms with Crippen molar-refractivity contribution in [2.45, 2.75) is 181 Å². The summed E-state index contributed by atoms with van der Waals surface area (Å²) in [5.74, 6) is 0. The lowest BCUT2D eigenvalue weighted by atomic mass is 10.0. The average Bonchev–Trinajstić information content (AvgIpc) is 3.11. The van der Waals surface area contributed by atoms with Gasteiger partial charge in [0, 0.05) is 4.57 Å². The summed E-state index contributed by atoms with van der Waals surface area (Å²) in [6.45, 7) is 15.3. The summed E-state index contributed by atoms with van der Waals surface area (Å²) in [5.41, 5.74) is 3.32. The molecule has 2 atom stereocenters. The highest BCUT2D eigenvalue weighted by Gasteiger charge is 2.23. The maximum atomic E-state index is 12.7. The van der Waals surface area contributed by atoms with Crippen molar-refractivity contribution in [1.29, 1.82) is 0 Å². The minimum Gasteiger partial charge on any atom is -0.444 e. The summed E-state index contributed by atoms with van der Waals surface area (Å²) >= 11 is 0. The van der Waals surface area contributed by atoms with Crippen molar-refractivity contribution in [3.05, 3.63) is 95.5 Å². The van der Waals surface area contributed by atoms with E-state index >= 15 is 0 Å². The van der Waals surface area contributed by atoms with Gasteiger partial charge in [-0.2, -0.15) is 0 Å². The molecule has 0 aliphatic rings. The maximum Gasteiger partial charge on any atom is 0.804 e. The summed E-state index contributed by atoms with van der Waals surface area (Å²) in [7, 11) is -2.59. The summed E-state index contributed by atoms with van der Waals surface area (Å²) in [5, 5.41) is 5.75. The molecular weight excluding hydrogens is 723 g/mol. The molecule has 0 spiro atoms. The van der Waals surface area contributed by atoms with Gasteiger partial charge < -0.3 is 20.1 Å². The second-order valence-corrected chi connectivity index (χ2v) is 17.5. The highest BCUT2D eigenvalue weighted by molar-refractivity contribution is 7.33. The smallest absolute Gasteiger partial charge is 0.444 e. The van der Waals surface area contributed by atoms with Gasteiger partial charge in [-0.1, -0.05) is 127 Å². The predicted molar refractivity (Wildman–Crippen MR) is 229 cm³/mol. The molecule has 0 saturated heterocycles. The standard InChI is InChI=1S/C46H71N2O7P/c1-9-11-13-15-17-19-21-37-23-27-39(28-24-37)35-41(47-43(49)54-45(3,4)5)31-33-52-56(51)53-34-32-42(48-44(50)55-46(6,7)8)36-40-29-25-38(26-30-40)22-20-18-16-14-12-10-2/h23-34,41-42H,9-22,35-36H2,1-8H3,(H-,47,48,49,50)/p+1/b33-31-,34-32-. The highest BCUT2D eigenvalue weighted by atomic mass is 31.1. The number of ether oxygens (including phenoxy) is 2. The van der Waals surface area contributed by atoms with Crippen molar-refractivity contribution in [2.24, 2.45) is 0 Å². The lowest BCUT2D eigenvalue weighted by molar-refractivity contribution is 0.0502. The fraction of sp³-hybridized carbons (Fsp3) is 0.609. The van der Waals surface area contributed by atoms with Crippen molar-refractivity contribution in [2.75, 3.05) is 0 Å². The van der Waals surface area contributed by atoms with E-state index in [0.29, 0.717) is 12.8 Å². The van der Waals surface area contributed by atoms with Gasteiger partial charge in [-0.15, -0.1) is 0 Å². The Morgan fingerprint density at radius 1 is 0.554 bits per heavy atom. The molecule has 2 unspecified atom stereocenters. The Hall–Kier alpha value is -3.84. The average molecular weight is 796 g/mol. The van der Waals surface area contributed by atoms with Crippen LogP contribution in [0.4, 0.5) is 9.59 Å². The van der Waals surface area contributed by atoms with Crippen molar-refractivity contribution < 1.29 is 32.7 Å². The van der Waals surface area contributed by atoms with E-state index in [1.54, 1.807) is 53.7 Å². The van der Waals surface area contributed by atoms with Crippen molar-refractivity contribution in [1.82, 2.24) is 10.6 Å². The molecule has 0 heterocycles. The Morgan fingerprint density at radius 3 is 1.21 bits per heavy atom. The zero-order valence-electron chi connectivity index (χ0n) is 35.7. The molecule has 2 rings (SSSR count). The zero-order valence-corrected chi connectivity index (χ0v) is 36.6. The normalized spacial score (nSPS) is 13.3. The molecule has 56 heavy (non-hydrogen) atoms. The molecule has 10 heteroatoms. The molecule has 2 aromatic carbocycles. The van der Waals surface area contributed by atoms with Gasteiger partial charge in [0.25, 0.3) is 0 Å². The molecule has 0 radical (unpaired) electrons. The molecule has 0 saturated carbocycles. The summed E-state index contributed by atoms with van der Waals surface area (Å²) in [6.07, 6.45) is 22.8. The highest BCUT2D eigenvalue weighted by Crippen LogP contribution is 2.25. The summed E-state index contributed by atoms with van der Waals surface area (Å²) in [4.78, 5) is 25.3. The van der Waals surface area contributed by atoms with E-state index in [4.69, 9.17) is 18.5 Å². The molecule has 2 amide bonds. The molecule has 9 nitrogen and oxygen atoms in total. The molecule has 2 aromatic rings. The van der Waals surface area contributed by atoms with E-state index in [-0.39, 0.29) is 0 Å². The van der Waals surface area contributed by atoms with E-state index in [0.717, 1.165) is 24.0 Å². The van der Waals surface area contributed by atoms with Crippen LogP contribution < -0.4 is 10.6 Å². The lowest BCUT2D eigenvalue weighted by Crippen LogP contribution is -2.39. The number of alkyl carbamates (subject to hydrolysis) is 2. The van der Waals surface area contributed by atoms with Gasteiger partial charge in [-0.05, 0) is 114 Å². The van der Waals surface area contributed by atoms with Crippen LogP contribution in [-0.2, 0) is 48.8 Å². The Balaban J connectivity index is 2.01. The SMILES string of the molecule is CCCCCCCCc1ccc(CC(/C=C\O[P+](=O)O/C=C\C(Cc2ccc(CCCCCCCC)cc2)NC(=O)OC(C)(C)C)NC(=O)OC(C)(C)C)cc1. The monoisotopic (exact) mass is 796 g/mol. The van der Waals surface area contributed by atoms with Crippen LogP contribution in [0.15, 0.2) is 73.2 Å². The number of amides is 2. The Morgan fingerprint density at radius 2 is 0.875 bits per heavy atom. The third kappa shape index (κ3) is 24.6. The van der Waals surface area contributed by atoms with Gasteiger partial charge in [-0.25, -0.2) is 18.6 Å². The third-order valence-electron chi connectivity index (χ3n) is 8.92. The van der Waals surface area contributed by atoms with Crippen LogP contribution in [0.1, 0.15) is 155 Å². The zero-order chi connectivity index (χ0) is 41.2. The number of unbranched alkanes of at least 4 members (excludes halogenated alkanes) is 10. The van der Waals surface area contributed by atoms with Gasteiger partial charge in [0.2, 0.25) is 0 Å². The van der Waals surface area contributed by atoms with Crippen LogP contribution in [0.25, 0.3) is 0 Å². The Bertz CT molecular complexity index is 1350. The van der Waals surface area contributed by atoms with E-state index in [1.807, 2.05) is 0 Å². The minimum atomic E-state index is -2.59. The fourth-order valence-electron chi connectivity index (χ4n) is 6.05. The molecule has 2 N–H and O–H groups in total. The van der Waals surface area contributed by atoms with E-state index in [1.165, 1.54) is 101 Å². The first-order valence-electron chi connectivity index (χ1n) is 20.9. The van der Waals surface area contributed by atoms with Crippen LogP contribution in [0.2, 0.25) is 0 Å². The first-order valence-corrected chi connectivity index (χ1v) is 22.0. The van der Waals surface area contributed by atoms with E-state index < -0.39 is 43.7 Å². The number of nitrogens with one attached hydrogen (secondary N) is 2. The van der Waals surface area contributed by atoms with Gasteiger partial charge in [0.15, 0.2) is 12.5 Å². The molecular formula is C46H72N2O7P+. The summed E-state index contributed by atoms with van der Waals surface area (Å²) in [6, 6.07) is 15.9. The van der Waals surface area contributed by atoms with E-state index in [9.17, 15) is 14.2 Å². The van der Waals surface area contributed by atoms with Crippen LogP contribution >= 0.6 is 8.25 Å². The molecule has 0 aliphatic carbocycles. The molecule has 0 bridgehead atoms. The second-order valence-electron chi connectivity index (χ2n) is 16.7. The molecule has 0 aliphatic heterocycles. The minimum absolute atomic E-state index is 0.478. The number of carbonyl (C=O) groups is 2. The van der Waals surface area contributed by atoms with Gasteiger partial charge >= 0.3 is 20.4 Å². The Kier molecular flexibility index (Phi) is 23.2. The molecule has 0 aromatic heterocycles. The Labute approximate surface area is 339 Å². The van der Waals surface area contributed by atoms with Crippen LogP contribution in [0, 0.1) is 0 Å². The van der Waals surface area contributed by atoms with Crippen LogP contribution in [0.3, 0.4) is 0 Å². The first-order chi connectivity index (χ1) is 26.7. The number of carbonyl (C=O) groups excluding carboxylic acids is 2. The third-order valence-corrected chi connectivity index (χ3v) is 9.50. The quantitative estimate of drug-likeness (QED) is 0.0554. The fourth-order valence-corrected chi connectivity index (χ4v) is 6.44.